The molecular weight excluding hydrogens is 272 g/mol. The normalized spacial score (nSPS) is 15.7. The van der Waals surface area contributed by atoms with E-state index in [2.05, 4.69) is 39.8 Å². The fraction of sp³-hybridized carbons (Fsp3) is 0.750. The number of allylic oxidation sites excluding steroid dienone is 4. The SMILES string of the molecule is CCC(C)CC/C=C(\C)CCC/C(C)=C/CCC(C)C(=O)[O-]. The molecule has 0 aromatic heterocycles. The topological polar surface area (TPSA) is 40.1 Å². The number of aliphatic carboxylic acids is 1. The minimum atomic E-state index is -0.941. The standard InChI is InChI=1S/C20H36O2/c1-6-16(2)10-7-11-17(3)12-8-13-18(4)14-9-15-19(5)20(21)22/h11,14,16,19H,6-10,12-13,15H2,1-5H3,(H,21,22)/p-1/b17-11+,18-14+. The molecule has 0 N–H and O–H groups in total. The van der Waals surface area contributed by atoms with Crippen molar-refractivity contribution in [1.82, 2.24) is 0 Å². The fourth-order valence-electron chi connectivity index (χ4n) is 2.37. The Balaban J connectivity index is 3.84. The molecule has 0 fully saturated rings. The van der Waals surface area contributed by atoms with Crippen LogP contribution in [0.25, 0.3) is 0 Å². The molecule has 0 aliphatic heterocycles. The van der Waals surface area contributed by atoms with Gasteiger partial charge >= 0.3 is 0 Å². The quantitative estimate of drug-likeness (QED) is 0.474. The summed E-state index contributed by atoms with van der Waals surface area (Å²) in [6, 6.07) is 0. The first-order valence-corrected chi connectivity index (χ1v) is 8.88. The zero-order valence-corrected chi connectivity index (χ0v) is 15.3. The second-order valence-electron chi connectivity index (χ2n) is 6.84. The van der Waals surface area contributed by atoms with Gasteiger partial charge in [-0.2, -0.15) is 0 Å². The lowest BCUT2D eigenvalue weighted by Crippen LogP contribution is -2.29. The second kappa shape index (κ2) is 12.5. The zero-order chi connectivity index (χ0) is 17.0. The van der Waals surface area contributed by atoms with E-state index >= 15 is 0 Å². The third-order valence-corrected chi connectivity index (χ3v) is 4.49. The highest BCUT2D eigenvalue weighted by molar-refractivity contribution is 5.66. The van der Waals surface area contributed by atoms with Crippen LogP contribution in [0.1, 0.15) is 86.0 Å². The Morgan fingerprint density at radius 2 is 1.50 bits per heavy atom. The minimum absolute atomic E-state index is 0.347. The van der Waals surface area contributed by atoms with E-state index in [0.717, 1.165) is 18.8 Å². The predicted molar refractivity (Wildman–Crippen MR) is 93.5 cm³/mol. The van der Waals surface area contributed by atoms with Gasteiger partial charge in [-0.05, 0) is 70.6 Å². The lowest BCUT2D eigenvalue weighted by Gasteiger charge is -2.10. The molecule has 22 heavy (non-hydrogen) atoms. The van der Waals surface area contributed by atoms with Crippen molar-refractivity contribution in [1.29, 1.82) is 0 Å². The van der Waals surface area contributed by atoms with E-state index in [4.69, 9.17) is 0 Å². The molecule has 0 spiro atoms. The maximum absolute atomic E-state index is 10.6. The Bertz CT molecular complexity index is 366. The summed E-state index contributed by atoms with van der Waals surface area (Å²) >= 11 is 0. The molecule has 0 bridgehead atoms. The zero-order valence-electron chi connectivity index (χ0n) is 15.3. The van der Waals surface area contributed by atoms with E-state index in [1.807, 2.05) is 0 Å². The molecule has 0 rings (SSSR count). The highest BCUT2D eigenvalue weighted by atomic mass is 16.4. The Labute approximate surface area is 137 Å². The summed E-state index contributed by atoms with van der Waals surface area (Å²) in [6.45, 7) is 10.7. The predicted octanol–water partition coefficient (Wildman–Crippen LogP) is 5.04. The average molecular weight is 307 g/mol. The molecule has 0 heterocycles. The Morgan fingerprint density at radius 1 is 1.00 bits per heavy atom. The van der Waals surface area contributed by atoms with Gasteiger partial charge in [-0.1, -0.05) is 50.5 Å². The van der Waals surface area contributed by atoms with E-state index in [1.165, 1.54) is 43.3 Å². The molecule has 2 atom stereocenters. The van der Waals surface area contributed by atoms with Crippen LogP contribution in [0, 0.1) is 11.8 Å². The summed E-state index contributed by atoms with van der Waals surface area (Å²) in [5.41, 5.74) is 2.87. The van der Waals surface area contributed by atoms with E-state index in [9.17, 15) is 9.90 Å². The first-order valence-electron chi connectivity index (χ1n) is 8.88. The molecule has 0 amide bonds. The molecule has 128 valence electrons. The summed E-state index contributed by atoms with van der Waals surface area (Å²) in [7, 11) is 0. The van der Waals surface area contributed by atoms with Gasteiger partial charge in [-0.25, -0.2) is 0 Å². The summed E-state index contributed by atoms with van der Waals surface area (Å²) in [6.07, 6.45) is 13.3. The van der Waals surface area contributed by atoms with Gasteiger partial charge in [0.05, 0.1) is 0 Å². The molecule has 2 heteroatoms. The minimum Gasteiger partial charge on any atom is -0.550 e. The number of hydrogen-bond donors (Lipinski definition) is 0. The Kier molecular flexibility index (Phi) is 11.9. The summed E-state index contributed by atoms with van der Waals surface area (Å²) in [5.74, 6) is -0.457. The van der Waals surface area contributed by atoms with Crippen LogP contribution < -0.4 is 5.11 Å². The van der Waals surface area contributed by atoms with Crippen LogP contribution in [0.5, 0.6) is 0 Å². The molecule has 2 nitrogen and oxygen atoms in total. The lowest BCUT2D eigenvalue weighted by molar-refractivity contribution is -0.311. The molecule has 0 aromatic carbocycles. The van der Waals surface area contributed by atoms with Crippen molar-refractivity contribution >= 4 is 5.97 Å². The largest absolute Gasteiger partial charge is 0.550 e. The van der Waals surface area contributed by atoms with Crippen molar-refractivity contribution in [3.63, 3.8) is 0 Å². The fourth-order valence-corrected chi connectivity index (χ4v) is 2.37. The van der Waals surface area contributed by atoms with Crippen molar-refractivity contribution in [2.75, 3.05) is 0 Å². The van der Waals surface area contributed by atoms with E-state index < -0.39 is 5.97 Å². The van der Waals surface area contributed by atoms with Gasteiger partial charge < -0.3 is 9.90 Å². The number of hydrogen-bond acceptors (Lipinski definition) is 2. The number of rotatable bonds is 12. The van der Waals surface area contributed by atoms with Crippen LogP contribution in [-0.4, -0.2) is 5.97 Å². The van der Waals surface area contributed by atoms with Crippen LogP contribution in [-0.2, 0) is 4.79 Å². The highest BCUT2D eigenvalue weighted by Gasteiger charge is 2.01. The van der Waals surface area contributed by atoms with E-state index in [0.29, 0.717) is 6.42 Å². The van der Waals surface area contributed by atoms with Crippen LogP contribution in [0.3, 0.4) is 0 Å². The van der Waals surface area contributed by atoms with E-state index in [1.54, 1.807) is 6.92 Å². The van der Waals surface area contributed by atoms with Gasteiger partial charge in [0.25, 0.3) is 0 Å². The number of carbonyl (C=O) groups excluding carboxylic acids is 1. The third kappa shape index (κ3) is 11.6. The van der Waals surface area contributed by atoms with Crippen molar-refractivity contribution in [3.05, 3.63) is 23.3 Å². The molecule has 0 aliphatic rings. The van der Waals surface area contributed by atoms with Gasteiger partial charge in [0.2, 0.25) is 0 Å². The molecule has 0 saturated carbocycles. The van der Waals surface area contributed by atoms with Crippen molar-refractivity contribution < 1.29 is 9.90 Å². The first kappa shape index (κ1) is 20.9. The average Bonchev–Trinajstić information content (AvgIpc) is 2.46. The lowest BCUT2D eigenvalue weighted by atomic mass is 9.99. The highest BCUT2D eigenvalue weighted by Crippen LogP contribution is 2.16. The maximum atomic E-state index is 10.6. The van der Waals surface area contributed by atoms with Gasteiger partial charge in [0.1, 0.15) is 0 Å². The second-order valence-corrected chi connectivity index (χ2v) is 6.84. The van der Waals surface area contributed by atoms with E-state index in [-0.39, 0.29) is 5.92 Å². The molecular formula is C20H35O2-. The number of carbonyl (C=O) groups is 1. The van der Waals surface area contributed by atoms with Crippen LogP contribution in [0.15, 0.2) is 23.3 Å². The molecule has 0 saturated heterocycles. The Morgan fingerprint density at radius 3 is 1.95 bits per heavy atom. The summed E-state index contributed by atoms with van der Waals surface area (Å²) < 4.78 is 0. The van der Waals surface area contributed by atoms with Gasteiger partial charge in [0.15, 0.2) is 0 Å². The summed E-state index contributed by atoms with van der Waals surface area (Å²) in [4.78, 5) is 10.6. The van der Waals surface area contributed by atoms with Gasteiger partial charge in [-0.15, -0.1) is 0 Å². The van der Waals surface area contributed by atoms with Gasteiger partial charge in [0, 0.05) is 5.97 Å². The molecule has 0 aliphatic carbocycles. The molecule has 0 aromatic rings. The van der Waals surface area contributed by atoms with Crippen LogP contribution in [0.2, 0.25) is 0 Å². The monoisotopic (exact) mass is 307 g/mol. The van der Waals surface area contributed by atoms with Crippen molar-refractivity contribution in [3.8, 4) is 0 Å². The maximum Gasteiger partial charge on any atom is 0.0442 e. The number of carboxylic acid groups (broad SMARTS) is 1. The van der Waals surface area contributed by atoms with Crippen LogP contribution >= 0.6 is 0 Å². The van der Waals surface area contributed by atoms with Crippen molar-refractivity contribution in [2.24, 2.45) is 11.8 Å². The van der Waals surface area contributed by atoms with Crippen molar-refractivity contribution in [2.45, 2.75) is 86.0 Å². The Hall–Kier alpha value is -1.05. The molecule has 2 unspecified atom stereocenters. The van der Waals surface area contributed by atoms with Crippen LogP contribution in [0.4, 0.5) is 0 Å². The first-order chi connectivity index (χ1) is 10.4. The molecule has 0 radical (unpaired) electrons. The summed E-state index contributed by atoms with van der Waals surface area (Å²) in [5, 5.41) is 10.6. The smallest absolute Gasteiger partial charge is 0.0442 e. The third-order valence-electron chi connectivity index (χ3n) is 4.49. The number of carboxylic acids is 1. The van der Waals surface area contributed by atoms with Gasteiger partial charge in [-0.3, -0.25) is 0 Å².